The Bertz CT molecular complexity index is 1110. The molecule has 2 heterocycles. The van der Waals surface area contributed by atoms with Crippen molar-refractivity contribution in [2.45, 2.75) is 58.4 Å². The van der Waals surface area contributed by atoms with Crippen molar-refractivity contribution in [1.29, 1.82) is 0 Å². The van der Waals surface area contributed by atoms with Crippen molar-refractivity contribution in [2.75, 3.05) is 6.61 Å². The first kappa shape index (κ1) is 24.2. The molecule has 1 aromatic heterocycles. The maximum absolute atomic E-state index is 11.8. The molecule has 3 rings (SSSR count). The number of hydrogen-bond donors (Lipinski definition) is 1. The molecule has 178 valence electrons. The molecular weight excluding hydrogens is 440 g/mol. The van der Waals surface area contributed by atoms with E-state index in [1.54, 1.807) is 19.1 Å². The smallest absolute Gasteiger partial charge is 0.336 e. The number of hydrogen-bond acceptors (Lipinski definition) is 11. The molecular formula is C22H24O11. The topological polar surface area (TPSA) is 148 Å². The number of carbonyl (C=O) groups excluding carboxylic acids is 3. The van der Waals surface area contributed by atoms with E-state index in [0.29, 0.717) is 10.9 Å². The largest absolute Gasteiger partial charge is 0.461 e. The lowest BCUT2D eigenvalue weighted by atomic mass is 9.98. The molecule has 11 nitrogen and oxygen atoms in total. The van der Waals surface area contributed by atoms with Gasteiger partial charge >= 0.3 is 23.5 Å². The molecule has 5 atom stereocenters. The zero-order valence-electron chi connectivity index (χ0n) is 18.4. The zero-order chi connectivity index (χ0) is 24.3. The van der Waals surface area contributed by atoms with Gasteiger partial charge in [-0.05, 0) is 24.6 Å². The second-order valence-corrected chi connectivity index (χ2v) is 7.47. The van der Waals surface area contributed by atoms with Gasteiger partial charge in [-0.15, -0.1) is 0 Å². The maximum Gasteiger partial charge on any atom is 0.336 e. The van der Waals surface area contributed by atoms with Gasteiger partial charge in [-0.25, -0.2) is 4.79 Å². The Hall–Kier alpha value is -3.44. The number of aliphatic hydroxyl groups excluding tert-OH is 1. The molecule has 0 bridgehead atoms. The molecule has 0 spiro atoms. The van der Waals surface area contributed by atoms with Crippen LogP contribution >= 0.6 is 0 Å². The van der Waals surface area contributed by atoms with E-state index in [0.717, 1.165) is 20.8 Å². The lowest BCUT2D eigenvalue weighted by Gasteiger charge is -2.43. The van der Waals surface area contributed by atoms with Gasteiger partial charge < -0.3 is 33.2 Å². The Balaban J connectivity index is 2.00. The minimum absolute atomic E-state index is 0.183. The number of fused-ring (bicyclic) bond motifs is 1. The van der Waals surface area contributed by atoms with Crippen LogP contribution in [0.3, 0.4) is 0 Å². The molecule has 1 aliphatic heterocycles. The highest BCUT2D eigenvalue weighted by molar-refractivity contribution is 5.81. The summed E-state index contributed by atoms with van der Waals surface area (Å²) >= 11 is 0. The van der Waals surface area contributed by atoms with E-state index in [4.69, 9.17) is 28.1 Å². The summed E-state index contributed by atoms with van der Waals surface area (Å²) in [4.78, 5) is 46.9. The summed E-state index contributed by atoms with van der Waals surface area (Å²) in [6.45, 7) is 4.53. The number of rotatable bonds is 6. The summed E-state index contributed by atoms with van der Waals surface area (Å²) in [7, 11) is 0. The number of carbonyl (C=O) groups is 3. The standard InChI is InChI=1S/C22H24O11/c1-10-7-18(27)32-16-8-14(5-6-15(10)16)31-22-21(30-13(4)26)20(29-12(3)25)19(28-11(2)24)17(9-23)33-22/h5-8,17,19-23H,9H2,1-4H3/t17-,19+,20-,21-,22+/m0/s1. The molecule has 0 radical (unpaired) electrons. The van der Waals surface area contributed by atoms with Crippen LogP contribution in [0.15, 0.2) is 33.5 Å². The molecule has 1 fully saturated rings. The van der Waals surface area contributed by atoms with Gasteiger partial charge in [0.1, 0.15) is 17.4 Å². The third kappa shape index (κ3) is 5.68. The first-order valence-electron chi connectivity index (χ1n) is 10.1. The van der Waals surface area contributed by atoms with Crippen LogP contribution in [0.4, 0.5) is 0 Å². The van der Waals surface area contributed by atoms with Crippen LogP contribution in [-0.4, -0.2) is 60.3 Å². The SMILES string of the molecule is CC(=O)O[C@@H]1[C@H](OC(C)=O)[C@H](Oc2ccc3c(C)cc(=O)oc3c2)O[C@@H](CO)[C@H]1OC(C)=O. The van der Waals surface area contributed by atoms with E-state index in [1.165, 1.54) is 12.1 Å². The van der Waals surface area contributed by atoms with Crippen molar-refractivity contribution in [1.82, 2.24) is 0 Å². The molecule has 1 saturated heterocycles. The third-order valence-corrected chi connectivity index (χ3v) is 4.85. The van der Waals surface area contributed by atoms with Crippen LogP contribution in [0.2, 0.25) is 0 Å². The van der Waals surface area contributed by atoms with E-state index in [2.05, 4.69) is 0 Å². The second-order valence-electron chi connectivity index (χ2n) is 7.47. The van der Waals surface area contributed by atoms with Gasteiger partial charge in [0.05, 0.1) is 6.61 Å². The average molecular weight is 464 g/mol. The van der Waals surface area contributed by atoms with Crippen LogP contribution in [0.25, 0.3) is 11.0 Å². The highest BCUT2D eigenvalue weighted by atomic mass is 16.7. The third-order valence-electron chi connectivity index (χ3n) is 4.85. The van der Waals surface area contributed by atoms with Gasteiger partial charge in [-0.1, -0.05) is 0 Å². The van der Waals surface area contributed by atoms with Gasteiger partial charge in [0, 0.05) is 38.3 Å². The molecule has 0 aliphatic carbocycles. The summed E-state index contributed by atoms with van der Waals surface area (Å²) in [5, 5.41) is 10.5. The molecule has 2 aromatic rings. The fourth-order valence-electron chi connectivity index (χ4n) is 3.61. The Morgan fingerprint density at radius 2 is 1.55 bits per heavy atom. The van der Waals surface area contributed by atoms with Crippen LogP contribution in [-0.2, 0) is 33.3 Å². The first-order chi connectivity index (χ1) is 15.6. The fourth-order valence-corrected chi connectivity index (χ4v) is 3.61. The number of esters is 3. The Morgan fingerprint density at radius 1 is 0.939 bits per heavy atom. The highest BCUT2D eigenvalue weighted by Gasteiger charge is 2.52. The maximum atomic E-state index is 11.8. The molecule has 0 unspecified atom stereocenters. The lowest BCUT2D eigenvalue weighted by molar-refractivity contribution is -0.287. The van der Waals surface area contributed by atoms with Crippen molar-refractivity contribution in [3.8, 4) is 5.75 Å². The van der Waals surface area contributed by atoms with Crippen molar-refractivity contribution in [3.63, 3.8) is 0 Å². The van der Waals surface area contributed by atoms with Crippen molar-refractivity contribution in [2.24, 2.45) is 0 Å². The molecule has 11 heteroatoms. The number of benzene rings is 1. The summed E-state index contributed by atoms with van der Waals surface area (Å²) < 4.78 is 32.6. The molecule has 0 saturated carbocycles. The number of ether oxygens (including phenoxy) is 5. The first-order valence-corrected chi connectivity index (χ1v) is 10.1. The van der Waals surface area contributed by atoms with Crippen molar-refractivity contribution >= 4 is 28.9 Å². The van der Waals surface area contributed by atoms with Gasteiger partial charge in [0.15, 0.2) is 12.2 Å². The van der Waals surface area contributed by atoms with Gasteiger partial charge in [-0.3, -0.25) is 14.4 Å². The quantitative estimate of drug-likeness (QED) is 0.371. The molecule has 0 amide bonds. The Morgan fingerprint density at radius 3 is 2.15 bits per heavy atom. The monoisotopic (exact) mass is 464 g/mol. The Labute approximate surface area is 188 Å². The lowest BCUT2D eigenvalue weighted by Crippen LogP contribution is -2.63. The molecule has 33 heavy (non-hydrogen) atoms. The highest BCUT2D eigenvalue weighted by Crippen LogP contribution is 2.31. The Kier molecular flexibility index (Phi) is 7.34. The zero-order valence-corrected chi connectivity index (χ0v) is 18.4. The normalized spacial score (nSPS) is 24.7. The second kappa shape index (κ2) is 10.0. The van der Waals surface area contributed by atoms with Gasteiger partial charge in [-0.2, -0.15) is 0 Å². The summed E-state index contributed by atoms with van der Waals surface area (Å²) in [6, 6.07) is 6.05. The summed E-state index contributed by atoms with van der Waals surface area (Å²) in [6.07, 6.45) is -6.46. The summed E-state index contributed by atoms with van der Waals surface area (Å²) in [5.41, 5.74) is 0.424. The number of aryl methyl sites for hydroxylation is 1. The predicted molar refractivity (Wildman–Crippen MR) is 110 cm³/mol. The van der Waals surface area contributed by atoms with Crippen molar-refractivity contribution in [3.05, 3.63) is 40.2 Å². The van der Waals surface area contributed by atoms with E-state index in [9.17, 15) is 24.3 Å². The molecule has 1 aliphatic rings. The number of aliphatic hydroxyl groups is 1. The summed E-state index contributed by atoms with van der Waals surface area (Å²) in [5.74, 6) is -2.02. The van der Waals surface area contributed by atoms with Gasteiger partial charge in [0.2, 0.25) is 12.4 Å². The van der Waals surface area contributed by atoms with Crippen LogP contribution < -0.4 is 10.4 Å². The fraction of sp³-hybridized carbons (Fsp3) is 0.455. The van der Waals surface area contributed by atoms with E-state index in [1.807, 2.05) is 0 Å². The predicted octanol–water partition coefficient (Wildman–Crippen LogP) is 0.993. The van der Waals surface area contributed by atoms with E-state index >= 15 is 0 Å². The van der Waals surface area contributed by atoms with Crippen LogP contribution in [0.5, 0.6) is 5.75 Å². The van der Waals surface area contributed by atoms with Crippen LogP contribution in [0.1, 0.15) is 26.3 Å². The molecule has 1 N–H and O–H groups in total. The van der Waals surface area contributed by atoms with Crippen molar-refractivity contribution < 1.29 is 47.6 Å². The minimum atomic E-state index is -1.36. The van der Waals surface area contributed by atoms with Crippen LogP contribution in [0, 0.1) is 6.92 Å². The van der Waals surface area contributed by atoms with Gasteiger partial charge in [0.25, 0.3) is 0 Å². The minimum Gasteiger partial charge on any atom is -0.461 e. The van der Waals surface area contributed by atoms with E-state index < -0.39 is 60.8 Å². The van der Waals surface area contributed by atoms with E-state index in [-0.39, 0.29) is 11.3 Å². The molecule has 1 aromatic carbocycles. The average Bonchev–Trinajstić information content (AvgIpc) is 2.70.